The summed E-state index contributed by atoms with van der Waals surface area (Å²) in [6.07, 6.45) is 0.767. The van der Waals surface area contributed by atoms with Gasteiger partial charge < -0.3 is 15.0 Å². The first kappa shape index (κ1) is 12.6. The third-order valence-electron chi connectivity index (χ3n) is 2.85. The van der Waals surface area contributed by atoms with E-state index in [-0.39, 0.29) is 6.04 Å². The molecule has 96 valence electrons. The third-order valence-corrected chi connectivity index (χ3v) is 2.85. The van der Waals surface area contributed by atoms with E-state index < -0.39 is 0 Å². The molecule has 2 aromatic rings. The van der Waals surface area contributed by atoms with Crippen LogP contribution in [0.15, 0.2) is 22.7 Å². The van der Waals surface area contributed by atoms with Crippen LogP contribution in [0.1, 0.15) is 30.8 Å². The topological polar surface area (TPSA) is 74.2 Å². The second-order valence-corrected chi connectivity index (χ2v) is 4.16. The first-order chi connectivity index (χ1) is 8.65. The van der Waals surface area contributed by atoms with Gasteiger partial charge in [0.1, 0.15) is 5.75 Å². The van der Waals surface area contributed by atoms with Crippen LogP contribution in [0, 0.1) is 6.92 Å². The van der Waals surface area contributed by atoms with E-state index in [0.29, 0.717) is 11.7 Å². The highest BCUT2D eigenvalue weighted by molar-refractivity contribution is 5.58. The Morgan fingerprint density at radius 2 is 2.22 bits per heavy atom. The van der Waals surface area contributed by atoms with E-state index in [0.717, 1.165) is 23.3 Å². The molecule has 0 aliphatic carbocycles. The number of aryl methyl sites for hydroxylation is 1. The van der Waals surface area contributed by atoms with Gasteiger partial charge in [-0.25, -0.2) is 0 Å². The van der Waals surface area contributed by atoms with E-state index in [9.17, 15) is 0 Å². The van der Waals surface area contributed by atoms with Crippen molar-refractivity contribution in [1.82, 2.24) is 10.1 Å². The monoisotopic (exact) mass is 247 g/mol. The Bertz CT molecular complexity index is 537. The minimum Gasteiger partial charge on any atom is -0.496 e. The lowest BCUT2D eigenvalue weighted by molar-refractivity contribution is 0.352. The first-order valence-corrected chi connectivity index (χ1v) is 5.90. The van der Waals surface area contributed by atoms with Gasteiger partial charge in [-0.3, -0.25) is 0 Å². The second-order valence-electron chi connectivity index (χ2n) is 4.16. The van der Waals surface area contributed by atoms with Crippen molar-refractivity contribution in [3.8, 4) is 17.1 Å². The SMILES string of the molecule is CC[C@@H](N)c1nc(-c2ccc(OC)c(C)c2)no1. The molecular weight excluding hydrogens is 230 g/mol. The quantitative estimate of drug-likeness (QED) is 0.898. The number of hydrogen-bond acceptors (Lipinski definition) is 5. The molecule has 5 heteroatoms. The van der Waals surface area contributed by atoms with Crippen molar-refractivity contribution in [3.05, 3.63) is 29.7 Å². The average Bonchev–Trinajstić information content (AvgIpc) is 2.87. The molecule has 0 unspecified atom stereocenters. The molecule has 0 amide bonds. The maximum Gasteiger partial charge on any atom is 0.243 e. The molecule has 1 aromatic heterocycles. The number of aromatic nitrogens is 2. The second kappa shape index (κ2) is 5.18. The highest BCUT2D eigenvalue weighted by Crippen LogP contribution is 2.25. The molecule has 1 atom stereocenters. The molecule has 1 aromatic carbocycles. The number of rotatable bonds is 4. The van der Waals surface area contributed by atoms with Crippen LogP contribution < -0.4 is 10.5 Å². The van der Waals surface area contributed by atoms with E-state index in [1.165, 1.54) is 0 Å². The van der Waals surface area contributed by atoms with Crippen LogP contribution in [0.5, 0.6) is 5.75 Å². The number of ether oxygens (including phenoxy) is 1. The molecule has 0 aliphatic rings. The number of hydrogen-bond donors (Lipinski definition) is 1. The van der Waals surface area contributed by atoms with Crippen LogP contribution in [-0.2, 0) is 0 Å². The van der Waals surface area contributed by atoms with E-state index in [4.69, 9.17) is 15.0 Å². The molecule has 0 fully saturated rings. The summed E-state index contributed by atoms with van der Waals surface area (Å²) in [5.74, 6) is 1.87. The summed E-state index contributed by atoms with van der Waals surface area (Å²) in [5.41, 5.74) is 7.77. The maximum atomic E-state index is 5.84. The summed E-state index contributed by atoms with van der Waals surface area (Å²) < 4.78 is 10.4. The highest BCUT2D eigenvalue weighted by atomic mass is 16.5. The molecule has 0 radical (unpaired) electrons. The molecule has 0 saturated carbocycles. The Morgan fingerprint density at radius 3 is 2.83 bits per heavy atom. The van der Waals surface area contributed by atoms with Gasteiger partial charge in [0.2, 0.25) is 11.7 Å². The lowest BCUT2D eigenvalue weighted by Crippen LogP contribution is -2.08. The number of methoxy groups -OCH3 is 1. The van der Waals surface area contributed by atoms with Gasteiger partial charge in [-0.2, -0.15) is 4.98 Å². The lowest BCUT2D eigenvalue weighted by Gasteiger charge is -2.04. The van der Waals surface area contributed by atoms with Crippen LogP contribution in [-0.4, -0.2) is 17.3 Å². The van der Waals surface area contributed by atoms with Crippen LogP contribution in [0.25, 0.3) is 11.4 Å². The number of benzene rings is 1. The number of nitrogens with zero attached hydrogens (tertiary/aromatic N) is 2. The predicted molar refractivity (Wildman–Crippen MR) is 68.2 cm³/mol. The smallest absolute Gasteiger partial charge is 0.243 e. The molecule has 5 nitrogen and oxygen atoms in total. The van der Waals surface area contributed by atoms with Gasteiger partial charge in [0.25, 0.3) is 0 Å². The molecule has 0 spiro atoms. The van der Waals surface area contributed by atoms with Crippen LogP contribution in [0.2, 0.25) is 0 Å². The maximum absolute atomic E-state index is 5.84. The fraction of sp³-hybridized carbons (Fsp3) is 0.385. The normalized spacial score (nSPS) is 12.4. The first-order valence-electron chi connectivity index (χ1n) is 5.90. The van der Waals surface area contributed by atoms with Crippen LogP contribution in [0.3, 0.4) is 0 Å². The van der Waals surface area contributed by atoms with E-state index >= 15 is 0 Å². The van der Waals surface area contributed by atoms with Crippen molar-refractivity contribution >= 4 is 0 Å². The molecular formula is C13H17N3O2. The lowest BCUT2D eigenvalue weighted by atomic mass is 10.1. The van der Waals surface area contributed by atoms with Crippen molar-refractivity contribution in [2.24, 2.45) is 5.73 Å². The van der Waals surface area contributed by atoms with Gasteiger partial charge >= 0.3 is 0 Å². The molecule has 0 bridgehead atoms. The predicted octanol–water partition coefficient (Wildman–Crippen LogP) is 2.46. The summed E-state index contributed by atoms with van der Waals surface area (Å²) in [4.78, 5) is 4.30. The summed E-state index contributed by atoms with van der Waals surface area (Å²) in [5, 5.41) is 3.95. The average molecular weight is 247 g/mol. The van der Waals surface area contributed by atoms with Gasteiger partial charge in [-0.1, -0.05) is 12.1 Å². The van der Waals surface area contributed by atoms with E-state index in [2.05, 4.69) is 10.1 Å². The fourth-order valence-electron chi connectivity index (χ4n) is 1.70. The van der Waals surface area contributed by atoms with Crippen LogP contribution >= 0.6 is 0 Å². The Hall–Kier alpha value is -1.88. The number of nitrogens with two attached hydrogens (primary N) is 1. The van der Waals surface area contributed by atoms with E-state index in [1.54, 1.807) is 7.11 Å². The van der Waals surface area contributed by atoms with Gasteiger partial charge in [0.05, 0.1) is 13.2 Å². The Balaban J connectivity index is 2.31. The summed E-state index contributed by atoms with van der Waals surface area (Å²) >= 11 is 0. The van der Waals surface area contributed by atoms with Crippen molar-refractivity contribution in [2.45, 2.75) is 26.3 Å². The van der Waals surface area contributed by atoms with Crippen molar-refractivity contribution in [1.29, 1.82) is 0 Å². The Morgan fingerprint density at radius 1 is 1.44 bits per heavy atom. The zero-order valence-electron chi connectivity index (χ0n) is 10.8. The Kier molecular flexibility index (Phi) is 3.62. The van der Waals surface area contributed by atoms with Crippen LogP contribution in [0.4, 0.5) is 0 Å². The van der Waals surface area contributed by atoms with Crippen molar-refractivity contribution in [2.75, 3.05) is 7.11 Å². The zero-order chi connectivity index (χ0) is 13.1. The summed E-state index contributed by atoms with van der Waals surface area (Å²) in [7, 11) is 1.65. The molecule has 1 heterocycles. The van der Waals surface area contributed by atoms with Crippen molar-refractivity contribution in [3.63, 3.8) is 0 Å². The molecule has 0 saturated heterocycles. The van der Waals surface area contributed by atoms with Gasteiger partial charge in [0, 0.05) is 5.56 Å². The molecule has 18 heavy (non-hydrogen) atoms. The Labute approximate surface area is 106 Å². The minimum atomic E-state index is -0.203. The standard InChI is InChI=1S/C13H17N3O2/c1-4-10(14)13-15-12(16-18-13)9-5-6-11(17-3)8(2)7-9/h5-7,10H,4,14H2,1-3H3/t10-/m1/s1. The third kappa shape index (κ3) is 2.36. The zero-order valence-corrected chi connectivity index (χ0v) is 10.8. The van der Waals surface area contributed by atoms with Gasteiger partial charge in [0.15, 0.2) is 0 Å². The highest BCUT2D eigenvalue weighted by Gasteiger charge is 2.14. The summed E-state index contributed by atoms with van der Waals surface area (Å²) in [6, 6.07) is 5.55. The molecule has 0 aliphatic heterocycles. The van der Waals surface area contributed by atoms with Gasteiger partial charge in [-0.15, -0.1) is 0 Å². The summed E-state index contributed by atoms with van der Waals surface area (Å²) in [6.45, 7) is 3.95. The fourth-order valence-corrected chi connectivity index (χ4v) is 1.70. The van der Waals surface area contributed by atoms with E-state index in [1.807, 2.05) is 32.0 Å². The largest absolute Gasteiger partial charge is 0.496 e. The molecule has 2 rings (SSSR count). The minimum absolute atomic E-state index is 0.203. The van der Waals surface area contributed by atoms with Gasteiger partial charge in [-0.05, 0) is 37.1 Å². The molecule has 2 N–H and O–H groups in total. The van der Waals surface area contributed by atoms with Crippen molar-refractivity contribution < 1.29 is 9.26 Å².